The number of hydrogen-bond acceptors (Lipinski definition) is 2. The van der Waals surface area contributed by atoms with E-state index in [1.807, 2.05) is 6.92 Å². The number of piperidine rings is 1. The van der Waals surface area contributed by atoms with Gasteiger partial charge < -0.3 is 10.0 Å². The van der Waals surface area contributed by atoms with Crippen molar-refractivity contribution in [3.05, 3.63) is 34.1 Å². The molecule has 1 N–H and O–H groups in total. The quantitative estimate of drug-likeness (QED) is 0.898. The fourth-order valence-corrected chi connectivity index (χ4v) is 2.89. The molecule has 1 fully saturated rings. The smallest absolute Gasteiger partial charge is 0.308 e. The number of carboxylic acids is 1. The topological polar surface area (TPSA) is 57.6 Å². The molecule has 1 aromatic rings. The first-order chi connectivity index (χ1) is 9.38. The summed E-state index contributed by atoms with van der Waals surface area (Å²) < 4.78 is 14.4. The Hall–Kier alpha value is -1.43. The third-order valence-electron chi connectivity index (χ3n) is 3.45. The molecule has 2 unspecified atom stereocenters. The molecule has 0 radical (unpaired) electrons. The van der Waals surface area contributed by atoms with Crippen LogP contribution in [0.4, 0.5) is 4.39 Å². The van der Waals surface area contributed by atoms with Crippen molar-refractivity contribution in [2.24, 2.45) is 11.8 Å². The summed E-state index contributed by atoms with van der Waals surface area (Å²) in [5, 5.41) is 9.11. The zero-order valence-corrected chi connectivity index (χ0v) is 12.6. The number of aliphatic carboxylic acids is 1. The van der Waals surface area contributed by atoms with E-state index >= 15 is 0 Å². The highest BCUT2D eigenvalue weighted by molar-refractivity contribution is 9.10. The number of halogens is 2. The van der Waals surface area contributed by atoms with E-state index in [2.05, 4.69) is 15.9 Å². The molecule has 0 aromatic heterocycles. The maximum atomic E-state index is 13.7. The van der Waals surface area contributed by atoms with Crippen molar-refractivity contribution < 1.29 is 19.1 Å². The standard InChI is InChI=1S/C14H15BrFNO3/c1-8-4-9(14(19)20)7-17(6-8)13(18)11-5-10(15)2-3-12(11)16/h2-3,5,8-9H,4,6-7H2,1H3,(H,19,20). The van der Waals surface area contributed by atoms with Gasteiger partial charge in [-0.2, -0.15) is 0 Å². The zero-order valence-electron chi connectivity index (χ0n) is 11.0. The Bertz CT molecular complexity index is 549. The van der Waals surface area contributed by atoms with E-state index in [9.17, 15) is 14.0 Å². The number of carboxylic acid groups (broad SMARTS) is 1. The lowest BCUT2D eigenvalue weighted by Crippen LogP contribution is -2.45. The minimum Gasteiger partial charge on any atom is -0.481 e. The third-order valence-corrected chi connectivity index (χ3v) is 3.95. The van der Waals surface area contributed by atoms with E-state index in [1.54, 1.807) is 0 Å². The van der Waals surface area contributed by atoms with E-state index in [1.165, 1.54) is 23.1 Å². The van der Waals surface area contributed by atoms with Gasteiger partial charge in [-0.25, -0.2) is 4.39 Å². The van der Waals surface area contributed by atoms with E-state index in [4.69, 9.17) is 5.11 Å². The molecule has 0 aliphatic carbocycles. The van der Waals surface area contributed by atoms with Gasteiger partial charge in [0.15, 0.2) is 0 Å². The average molecular weight is 344 g/mol. The van der Waals surface area contributed by atoms with E-state index in [0.717, 1.165) is 0 Å². The number of benzene rings is 1. The molecule has 1 saturated heterocycles. The maximum Gasteiger partial charge on any atom is 0.308 e. The van der Waals surface area contributed by atoms with Crippen molar-refractivity contribution in [2.75, 3.05) is 13.1 Å². The number of carbonyl (C=O) groups excluding carboxylic acids is 1. The molecule has 6 heteroatoms. The van der Waals surface area contributed by atoms with E-state index < -0.39 is 23.6 Å². The van der Waals surface area contributed by atoms with Crippen LogP contribution in [0, 0.1) is 17.7 Å². The van der Waals surface area contributed by atoms with Gasteiger partial charge in [0, 0.05) is 17.6 Å². The fourth-order valence-electron chi connectivity index (χ4n) is 2.53. The van der Waals surface area contributed by atoms with Crippen molar-refractivity contribution >= 4 is 27.8 Å². The van der Waals surface area contributed by atoms with Crippen LogP contribution in [0.5, 0.6) is 0 Å². The van der Waals surface area contributed by atoms with Crippen LogP contribution >= 0.6 is 15.9 Å². The second kappa shape index (κ2) is 5.91. The lowest BCUT2D eigenvalue weighted by Gasteiger charge is -2.34. The zero-order chi connectivity index (χ0) is 14.9. The van der Waals surface area contributed by atoms with Crippen LogP contribution in [-0.4, -0.2) is 35.0 Å². The van der Waals surface area contributed by atoms with Gasteiger partial charge in [0.1, 0.15) is 5.82 Å². The average Bonchev–Trinajstić information content (AvgIpc) is 2.40. The van der Waals surface area contributed by atoms with Crippen molar-refractivity contribution in [1.82, 2.24) is 4.90 Å². The van der Waals surface area contributed by atoms with Crippen LogP contribution in [0.25, 0.3) is 0 Å². The molecule has 1 amide bonds. The van der Waals surface area contributed by atoms with Gasteiger partial charge in [0.2, 0.25) is 0 Å². The first kappa shape index (κ1) is 15.0. The predicted octanol–water partition coefficient (Wildman–Crippen LogP) is 2.77. The molecule has 0 spiro atoms. The van der Waals surface area contributed by atoms with Gasteiger partial charge in [-0.15, -0.1) is 0 Å². The minimum absolute atomic E-state index is 0.0300. The third kappa shape index (κ3) is 3.17. The molecule has 4 nitrogen and oxygen atoms in total. The summed E-state index contributed by atoms with van der Waals surface area (Å²) in [5.41, 5.74) is -0.0300. The summed E-state index contributed by atoms with van der Waals surface area (Å²) in [5.74, 6) is -2.46. The normalized spacial score (nSPS) is 22.6. The van der Waals surface area contributed by atoms with Crippen LogP contribution in [0.1, 0.15) is 23.7 Å². The summed E-state index contributed by atoms with van der Waals surface area (Å²) >= 11 is 3.20. The van der Waals surface area contributed by atoms with Crippen LogP contribution in [0.3, 0.4) is 0 Å². The number of nitrogens with zero attached hydrogens (tertiary/aromatic N) is 1. The van der Waals surface area contributed by atoms with Gasteiger partial charge >= 0.3 is 5.97 Å². The lowest BCUT2D eigenvalue weighted by atomic mass is 9.90. The Labute approximate surface area is 124 Å². The van der Waals surface area contributed by atoms with Crippen molar-refractivity contribution in [1.29, 1.82) is 0 Å². The highest BCUT2D eigenvalue weighted by Crippen LogP contribution is 2.25. The molecule has 108 valence electrons. The highest BCUT2D eigenvalue weighted by Gasteiger charge is 2.33. The summed E-state index contributed by atoms with van der Waals surface area (Å²) in [6.07, 6.45) is 0.542. The van der Waals surface area contributed by atoms with Gasteiger partial charge in [-0.05, 0) is 30.5 Å². The Morgan fingerprint density at radius 2 is 2.10 bits per heavy atom. The molecular formula is C14H15BrFNO3. The van der Waals surface area contributed by atoms with Crippen LogP contribution < -0.4 is 0 Å². The second-order valence-electron chi connectivity index (χ2n) is 5.21. The summed E-state index contributed by atoms with van der Waals surface area (Å²) in [7, 11) is 0. The Kier molecular flexibility index (Phi) is 4.42. The molecule has 0 saturated carbocycles. The summed E-state index contributed by atoms with van der Waals surface area (Å²) in [6, 6.07) is 4.16. The highest BCUT2D eigenvalue weighted by atomic mass is 79.9. The first-order valence-electron chi connectivity index (χ1n) is 6.35. The summed E-state index contributed by atoms with van der Waals surface area (Å²) in [6.45, 7) is 2.48. The first-order valence-corrected chi connectivity index (χ1v) is 7.15. The number of amides is 1. The fraction of sp³-hybridized carbons (Fsp3) is 0.429. The molecular weight excluding hydrogens is 329 g/mol. The van der Waals surface area contributed by atoms with Crippen molar-refractivity contribution in [3.8, 4) is 0 Å². The lowest BCUT2D eigenvalue weighted by molar-refractivity contribution is -0.143. The van der Waals surface area contributed by atoms with Crippen LogP contribution in [-0.2, 0) is 4.79 Å². The minimum atomic E-state index is -0.913. The number of hydrogen-bond donors (Lipinski definition) is 1. The maximum absolute atomic E-state index is 13.7. The molecule has 1 aromatic carbocycles. The van der Waals surface area contributed by atoms with Gasteiger partial charge in [-0.1, -0.05) is 22.9 Å². The number of rotatable bonds is 2. The largest absolute Gasteiger partial charge is 0.481 e. The molecule has 20 heavy (non-hydrogen) atoms. The van der Waals surface area contributed by atoms with E-state index in [0.29, 0.717) is 17.4 Å². The number of likely N-dealkylation sites (tertiary alicyclic amines) is 1. The molecule has 1 aliphatic heterocycles. The Morgan fingerprint density at radius 3 is 2.75 bits per heavy atom. The van der Waals surface area contributed by atoms with Gasteiger partial charge in [0.25, 0.3) is 5.91 Å². The SMILES string of the molecule is CC1CC(C(=O)O)CN(C(=O)c2cc(Br)ccc2F)C1. The van der Waals surface area contributed by atoms with Crippen LogP contribution in [0.15, 0.2) is 22.7 Å². The molecule has 2 atom stereocenters. The molecule has 0 bridgehead atoms. The molecule has 1 aliphatic rings. The van der Waals surface area contributed by atoms with Gasteiger partial charge in [-0.3, -0.25) is 9.59 Å². The number of carbonyl (C=O) groups is 2. The van der Waals surface area contributed by atoms with E-state index in [-0.39, 0.29) is 18.0 Å². The predicted molar refractivity (Wildman–Crippen MR) is 74.9 cm³/mol. The van der Waals surface area contributed by atoms with Crippen molar-refractivity contribution in [2.45, 2.75) is 13.3 Å². The summed E-state index contributed by atoms with van der Waals surface area (Å²) in [4.78, 5) is 24.9. The molecule has 2 rings (SSSR count). The monoisotopic (exact) mass is 343 g/mol. The second-order valence-corrected chi connectivity index (χ2v) is 6.13. The van der Waals surface area contributed by atoms with Gasteiger partial charge in [0.05, 0.1) is 11.5 Å². The Morgan fingerprint density at radius 1 is 1.40 bits per heavy atom. The van der Waals surface area contributed by atoms with Crippen molar-refractivity contribution in [3.63, 3.8) is 0 Å². The van der Waals surface area contributed by atoms with Crippen LogP contribution in [0.2, 0.25) is 0 Å². The Balaban J connectivity index is 2.23. The molecule has 1 heterocycles.